The average Bonchev–Trinajstić information content (AvgIpc) is 3.15. The first-order valence-corrected chi connectivity index (χ1v) is 9.90. The molecule has 0 spiro atoms. The van der Waals surface area contributed by atoms with Crippen molar-refractivity contribution in [2.24, 2.45) is 10.9 Å². The lowest BCUT2D eigenvalue weighted by atomic mass is 10.1. The molecule has 1 aliphatic heterocycles. The molecule has 2 rings (SSSR count). The summed E-state index contributed by atoms with van der Waals surface area (Å²) in [5, 5.41) is 3.55. The number of rotatable bonds is 10. The van der Waals surface area contributed by atoms with E-state index >= 15 is 0 Å². The van der Waals surface area contributed by atoms with Gasteiger partial charge >= 0.3 is 0 Å². The lowest BCUT2D eigenvalue weighted by molar-refractivity contribution is 0.0536. The lowest BCUT2D eigenvalue weighted by Gasteiger charge is -2.28. The van der Waals surface area contributed by atoms with Crippen molar-refractivity contribution in [2.75, 3.05) is 60.7 Å². The summed E-state index contributed by atoms with van der Waals surface area (Å²) in [4.78, 5) is 9.19. The molecule has 2 atom stereocenters. The quantitative estimate of drug-likeness (QED) is 0.385. The minimum atomic E-state index is 0.415. The molecule has 0 aliphatic carbocycles. The molecule has 1 heterocycles. The van der Waals surface area contributed by atoms with Crippen molar-refractivity contribution in [2.45, 2.75) is 25.9 Å². The van der Waals surface area contributed by atoms with Crippen LogP contribution in [0.3, 0.4) is 0 Å². The van der Waals surface area contributed by atoms with E-state index < -0.39 is 0 Å². The van der Waals surface area contributed by atoms with Crippen molar-refractivity contribution in [1.29, 1.82) is 0 Å². The Morgan fingerprint density at radius 1 is 1.33 bits per heavy atom. The van der Waals surface area contributed by atoms with E-state index in [0.29, 0.717) is 25.2 Å². The fourth-order valence-corrected chi connectivity index (χ4v) is 3.31. The van der Waals surface area contributed by atoms with Crippen LogP contribution in [0.1, 0.15) is 18.9 Å². The molecule has 0 radical (unpaired) electrons. The van der Waals surface area contributed by atoms with E-state index in [1.165, 1.54) is 5.56 Å². The summed E-state index contributed by atoms with van der Waals surface area (Å²) >= 11 is 0. The Bertz CT molecular complexity index is 552. The van der Waals surface area contributed by atoms with Gasteiger partial charge in [0.1, 0.15) is 0 Å². The molecule has 1 aromatic rings. The average molecular weight is 377 g/mol. The Morgan fingerprint density at radius 2 is 2.11 bits per heavy atom. The maximum Gasteiger partial charge on any atom is 0.193 e. The number of methoxy groups -OCH3 is 1. The van der Waals surface area contributed by atoms with Crippen molar-refractivity contribution >= 4 is 5.96 Å². The summed E-state index contributed by atoms with van der Waals surface area (Å²) in [7, 11) is 5.74. The van der Waals surface area contributed by atoms with Gasteiger partial charge in [-0.1, -0.05) is 30.3 Å². The third-order valence-corrected chi connectivity index (χ3v) is 5.17. The number of nitrogens with zero attached hydrogens (tertiary/aromatic N) is 3. The fourth-order valence-electron chi connectivity index (χ4n) is 3.31. The normalized spacial score (nSPS) is 18.9. The molecular weight excluding hydrogens is 340 g/mol. The van der Waals surface area contributed by atoms with Crippen LogP contribution in [0.15, 0.2) is 35.3 Å². The Hall–Kier alpha value is -1.63. The molecule has 6 heteroatoms. The van der Waals surface area contributed by atoms with Gasteiger partial charge in [0.05, 0.1) is 19.8 Å². The van der Waals surface area contributed by atoms with E-state index in [4.69, 9.17) is 9.47 Å². The molecule has 6 nitrogen and oxygen atoms in total. The van der Waals surface area contributed by atoms with Crippen LogP contribution in [0, 0.1) is 5.92 Å². The summed E-state index contributed by atoms with van der Waals surface area (Å²) in [6.07, 6.45) is 1.15. The van der Waals surface area contributed by atoms with Crippen LogP contribution in [-0.2, 0) is 16.0 Å². The van der Waals surface area contributed by atoms with Gasteiger partial charge in [-0.3, -0.25) is 9.89 Å². The van der Waals surface area contributed by atoms with Crippen molar-refractivity contribution in [3.8, 4) is 0 Å². The largest absolute Gasteiger partial charge is 0.382 e. The zero-order valence-electron chi connectivity index (χ0n) is 17.4. The number of hydrogen-bond donors (Lipinski definition) is 1. The third-order valence-electron chi connectivity index (χ3n) is 5.17. The second-order valence-corrected chi connectivity index (χ2v) is 7.35. The fraction of sp³-hybridized carbons (Fsp3) is 0.667. The van der Waals surface area contributed by atoms with Crippen LogP contribution in [-0.4, -0.2) is 82.5 Å². The molecule has 1 fully saturated rings. The molecule has 1 N–H and O–H groups in total. The SMILES string of the molecule is CN=C(NCC(C)N(C)Cc1ccccc1)N1CCC(COCCOC)C1. The molecular formula is C21H36N4O2. The van der Waals surface area contributed by atoms with Gasteiger partial charge in [-0.25, -0.2) is 0 Å². The van der Waals surface area contributed by atoms with Gasteiger partial charge < -0.3 is 19.7 Å². The maximum atomic E-state index is 5.69. The number of hydrogen-bond acceptors (Lipinski definition) is 4. The number of nitrogens with one attached hydrogen (secondary N) is 1. The van der Waals surface area contributed by atoms with Gasteiger partial charge in [-0.15, -0.1) is 0 Å². The first-order valence-electron chi connectivity index (χ1n) is 9.90. The highest BCUT2D eigenvalue weighted by molar-refractivity contribution is 5.80. The molecule has 152 valence electrons. The van der Waals surface area contributed by atoms with E-state index in [-0.39, 0.29) is 0 Å². The lowest BCUT2D eigenvalue weighted by Crippen LogP contribution is -2.46. The molecule has 1 saturated heterocycles. The monoisotopic (exact) mass is 376 g/mol. The summed E-state index contributed by atoms with van der Waals surface area (Å²) in [5.41, 5.74) is 1.34. The predicted octanol–water partition coefficient (Wildman–Crippen LogP) is 2.07. The van der Waals surface area contributed by atoms with E-state index in [0.717, 1.165) is 45.2 Å². The minimum Gasteiger partial charge on any atom is -0.382 e. The predicted molar refractivity (Wildman–Crippen MR) is 111 cm³/mol. The molecule has 0 amide bonds. The van der Waals surface area contributed by atoms with E-state index in [1.54, 1.807) is 7.11 Å². The summed E-state index contributed by atoms with van der Waals surface area (Å²) in [5.74, 6) is 1.56. The van der Waals surface area contributed by atoms with Crippen LogP contribution in [0.5, 0.6) is 0 Å². The van der Waals surface area contributed by atoms with Gasteiger partial charge in [-0.05, 0) is 26.0 Å². The van der Waals surface area contributed by atoms with Crippen molar-refractivity contribution < 1.29 is 9.47 Å². The first-order chi connectivity index (χ1) is 13.1. The van der Waals surface area contributed by atoms with E-state index in [2.05, 4.69) is 64.4 Å². The highest BCUT2D eigenvalue weighted by Crippen LogP contribution is 2.16. The van der Waals surface area contributed by atoms with Crippen molar-refractivity contribution in [1.82, 2.24) is 15.1 Å². The number of likely N-dealkylation sites (tertiary alicyclic amines) is 1. The number of ether oxygens (including phenoxy) is 2. The Morgan fingerprint density at radius 3 is 2.81 bits per heavy atom. The van der Waals surface area contributed by atoms with Crippen LogP contribution in [0.4, 0.5) is 0 Å². The standard InChI is InChI=1S/C21H36N4O2/c1-18(24(3)15-19-8-6-5-7-9-19)14-23-21(22-2)25-11-10-20(16-25)17-27-13-12-26-4/h5-9,18,20H,10-17H2,1-4H3,(H,22,23). The van der Waals surface area contributed by atoms with Gasteiger partial charge in [0, 0.05) is 52.3 Å². The Kier molecular flexibility index (Phi) is 9.59. The van der Waals surface area contributed by atoms with Crippen LogP contribution < -0.4 is 5.32 Å². The number of guanidine groups is 1. The molecule has 0 saturated carbocycles. The number of aliphatic imine (C=N–C) groups is 1. The minimum absolute atomic E-state index is 0.415. The molecule has 1 aromatic carbocycles. The molecule has 27 heavy (non-hydrogen) atoms. The molecule has 2 unspecified atom stereocenters. The Balaban J connectivity index is 1.71. The zero-order chi connectivity index (χ0) is 19.5. The first kappa shape index (κ1) is 21.7. The van der Waals surface area contributed by atoms with Crippen molar-refractivity contribution in [3.63, 3.8) is 0 Å². The highest BCUT2D eigenvalue weighted by Gasteiger charge is 2.25. The second-order valence-electron chi connectivity index (χ2n) is 7.35. The van der Waals surface area contributed by atoms with E-state index in [9.17, 15) is 0 Å². The summed E-state index contributed by atoms with van der Waals surface area (Å²) < 4.78 is 10.7. The van der Waals surface area contributed by atoms with Crippen LogP contribution in [0.25, 0.3) is 0 Å². The van der Waals surface area contributed by atoms with Crippen LogP contribution in [0.2, 0.25) is 0 Å². The van der Waals surface area contributed by atoms with E-state index in [1.807, 2.05) is 7.05 Å². The zero-order valence-corrected chi connectivity index (χ0v) is 17.4. The second kappa shape index (κ2) is 12.0. The summed E-state index contributed by atoms with van der Waals surface area (Å²) in [6, 6.07) is 11.0. The molecule has 0 aromatic heterocycles. The van der Waals surface area contributed by atoms with Gasteiger partial charge in [0.2, 0.25) is 0 Å². The summed E-state index contributed by atoms with van der Waals surface area (Å²) in [6.45, 7) is 8.24. The van der Waals surface area contributed by atoms with Gasteiger partial charge in [0.15, 0.2) is 5.96 Å². The van der Waals surface area contributed by atoms with Gasteiger partial charge in [-0.2, -0.15) is 0 Å². The molecule has 0 bridgehead atoms. The number of benzene rings is 1. The van der Waals surface area contributed by atoms with Crippen molar-refractivity contribution in [3.05, 3.63) is 35.9 Å². The smallest absolute Gasteiger partial charge is 0.193 e. The number of likely N-dealkylation sites (N-methyl/N-ethyl adjacent to an activating group) is 1. The maximum absolute atomic E-state index is 5.69. The van der Waals surface area contributed by atoms with Gasteiger partial charge in [0.25, 0.3) is 0 Å². The Labute approximate surface area is 164 Å². The third kappa shape index (κ3) is 7.48. The van der Waals surface area contributed by atoms with Crippen LogP contribution >= 0.6 is 0 Å². The topological polar surface area (TPSA) is 49.3 Å². The highest BCUT2D eigenvalue weighted by atomic mass is 16.5. The molecule has 1 aliphatic rings.